The molecule has 1 fully saturated rings. The van der Waals surface area contributed by atoms with Crippen LogP contribution in [0.15, 0.2) is 36.7 Å². The van der Waals surface area contributed by atoms with Crippen LogP contribution in [-0.4, -0.2) is 64.7 Å². The Hall–Kier alpha value is -2.29. The van der Waals surface area contributed by atoms with Crippen LogP contribution in [0, 0.1) is 0 Å². The van der Waals surface area contributed by atoms with E-state index < -0.39 is 0 Å². The van der Waals surface area contributed by atoms with E-state index >= 15 is 0 Å². The summed E-state index contributed by atoms with van der Waals surface area (Å²) in [6, 6.07) is 7.98. The van der Waals surface area contributed by atoms with E-state index in [0.717, 1.165) is 54.6 Å². The van der Waals surface area contributed by atoms with Gasteiger partial charge in [0.15, 0.2) is 11.0 Å². The first-order chi connectivity index (χ1) is 13.2. The number of ether oxygens (including phenoxy) is 1. The molecule has 142 valence electrons. The van der Waals surface area contributed by atoms with Crippen molar-refractivity contribution >= 4 is 32.6 Å². The molecule has 0 spiro atoms. The highest BCUT2D eigenvalue weighted by Gasteiger charge is 2.24. The fourth-order valence-corrected chi connectivity index (χ4v) is 4.22. The molecule has 0 N–H and O–H groups in total. The third-order valence-corrected chi connectivity index (χ3v) is 5.79. The zero-order valence-electron chi connectivity index (χ0n) is 15.4. The molecular weight excluding hydrogens is 362 g/mol. The zero-order chi connectivity index (χ0) is 18.6. The molecule has 27 heavy (non-hydrogen) atoms. The minimum Gasteiger partial charge on any atom is -0.379 e. The van der Waals surface area contributed by atoms with E-state index in [1.165, 1.54) is 0 Å². The van der Waals surface area contributed by atoms with Crippen LogP contribution in [0.4, 0.5) is 5.13 Å². The second-order valence-electron chi connectivity index (χ2n) is 6.59. The molecule has 1 saturated heterocycles. The quantitative estimate of drug-likeness (QED) is 0.652. The van der Waals surface area contributed by atoms with E-state index in [4.69, 9.17) is 9.72 Å². The van der Waals surface area contributed by atoms with Gasteiger partial charge in [0.1, 0.15) is 0 Å². The number of rotatable bonds is 6. The smallest absolute Gasteiger partial charge is 0.296 e. The van der Waals surface area contributed by atoms with Gasteiger partial charge < -0.3 is 9.30 Å². The fraction of sp³-hybridized carbons (Fsp3) is 0.421. The molecule has 4 rings (SSSR count). The van der Waals surface area contributed by atoms with Crippen LogP contribution >= 0.6 is 11.3 Å². The lowest BCUT2D eigenvalue weighted by molar-refractivity contribution is 0.0376. The second-order valence-corrected chi connectivity index (χ2v) is 7.60. The predicted molar refractivity (Wildman–Crippen MR) is 106 cm³/mol. The molecule has 0 saturated carbocycles. The van der Waals surface area contributed by atoms with Crippen molar-refractivity contribution in [1.29, 1.82) is 0 Å². The molecule has 2 aromatic heterocycles. The van der Waals surface area contributed by atoms with Crippen LogP contribution in [0.25, 0.3) is 10.2 Å². The number of carbonyl (C=O) groups is 1. The van der Waals surface area contributed by atoms with Crippen molar-refractivity contribution in [2.75, 3.05) is 44.3 Å². The third kappa shape index (κ3) is 4.02. The van der Waals surface area contributed by atoms with Gasteiger partial charge in [-0.1, -0.05) is 23.5 Å². The van der Waals surface area contributed by atoms with Crippen LogP contribution in [0.3, 0.4) is 0 Å². The summed E-state index contributed by atoms with van der Waals surface area (Å²) in [7, 11) is 1.84. The number of nitrogens with zero attached hydrogens (tertiary/aromatic N) is 5. The van der Waals surface area contributed by atoms with E-state index in [-0.39, 0.29) is 5.91 Å². The molecule has 1 aromatic carbocycles. The maximum absolute atomic E-state index is 13.2. The van der Waals surface area contributed by atoms with E-state index in [2.05, 4.69) is 9.88 Å². The highest BCUT2D eigenvalue weighted by atomic mass is 32.1. The normalized spacial score (nSPS) is 15.3. The average molecular weight is 385 g/mol. The van der Waals surface area contributed by atoms with E-state index in [9.17, 15) is 4.79 Å². The Kier molecular flexibility index (Phi) is 5.47. The lowest BCUT2D eigenvalue weighted by Gasteiger charge is -2.27. The van der Waals surface area contributed by atoms with E-state index in [0.29, 0.717) is 12.4 Å². The van der Waals surface area contributed by atoms with Gasteiger partial charge in [-0.3, -0.25) is 14.6 Å². The van der Waals surface area contributed by atoms with Gasteiger partial charge in [-0.05, 0) is 18.6 Å². The number of anilines is 1. The Morgan fingerprint density at radius 1 is 1.30 bits per heavy atom. The second kappa shape index (κ2) is 8.16. The molecule has 0 unspecified atom stereocenters. The SMILES string of the molecule is Cn1ccnc1C(=O)N(CCCN1CCOCC1)c1nc2ccccc2s1. The lowest BCUT2D eigenvalue weighted by atomic mass is 10.3. The average Bonchev–Trinajstić information content (AvgIpc) is 3.31. The molecular formula is C19H23N5O2S. The molecule has 1 amide bonds. The summed E-state index contributed by atoms with van der Waals surface area (Å²) in [4.78, 5) is 26.2. The summed E-state index contributed by atoms with van der Waals surface area (Å²) in [6.07, 6.45) is 4.32. The monoisotopic (exact) mass is 385 g/mol. The summed E-state index contributed by atoms with van der Waals surface area (Å²) in [5.41, 5.74) is 0.920. The molecule has 0 atom stereocenters. The number of imidazole rings is 1. The molecule has 0 aliphatic carbocycles. The van der Waals surface area contributed by atoms with Crippen molar-refractivity contribution in [2.24, 2.45) is 7.05 Å². The fourth-order valence-electron chi connectivity index (χ4n) is 3.23. The van der Waals surface area contributed by atoms with Gasteiger partial charge in [-0.15, -0.1) is 0 Å². The lowest BCUT2D eigenvalue weighted by Crippen LogP contribution is -2.39. The largest absolute Gasteiger partial charge is 0.379 e. The molecule has 1 aliphatic heterocycles. The number of benzene rings is 1. The van der Waals surface area contributed by atoms with Gasteiger partial charge in [-0.25, -0.2) is 9.97 Å². The highest BCUT2D eigenvalue weighted by molar-refractivity contribution is 7.22. The number of para-hydroxylation sites is 1. The Morgan fingerprint density at radius 2 is 2.11 bits per heavy atom. The van der Waals surface area contributed by atoms with Crippen LogP contribution in [-0.2, 0) is 11.8 Å². The number of amides is 1. The molecule has 8 heteroatoms. The molecule has 3 heterocycles. The number of aromatic nitrogens is 3. The Bertz CT molecular complexity index is 883. The number of aryl methyl sites for hydroxylation is 1. The van der Waals surface area contributed by atoms with Gasteiger partial charge in [0.05, 0.1) is 23.4 Å². The summed E-state index contributed by atoms with van der Waals surface area (Å²) in [5.74, 6) is 0.323. The van der Waals surface area contributed by atoms with Crippen molar-refractivity contribution in [3.05, 3.63) is 42.5 Å². The van der Waals surface area contributed by atoms with Crippen LogP contribution in [0.2, 0.25) is 0 Å². The zero-order valence-corrected chi connectivity index (χ0v) is 16.2. The first-order valence-corrected chi connectivity index (χ1v) is 9.99. The van der Waals surface area contributed by atoms with Gasteiger partial charge >= 0.3 is 0 Å². The minimum atomic E-state index is -0.108. The number of hydrogen-bond acceptors (Lipinski definition) is 6. The molecule has 1 aliphatic rings. The minimum absolute atomic E-state index is 0.108. The maximum atomic E-state index is 13.2. The van der Waals surface area contributed by atoms with Crippen molar-refractivity contribution in [3.8, 4) is 0 Å². The predicted octanol–water partition coefficient (Wildman–Crippen LogP) is 2.40. The number of hydrogen-bond donors (Lipinski definition) is 0. The van der Waals surface area contributed by atoms with Crippen molar-refractivity contribution in [2.45, 2.75) is 6.42 Å². The summed E-state index contributed by atoms with van der Waals surface area (Å²) in [6.45, 7) is 5.03. The Morgan fingerprint density at radius 3 is 2.85 bits per heavy atom. The maximum Gasteiger partial charge on any atom is 0.296 e. The third-order valence-electron chi connectivity index (χ3n) is 4.73. The number of thiazole rings is 1. The van der Waals surface area contributed by atoms with Gasteiger partial charge in [0, 0.05) is 45.6 Å². The van der Waals surface area contributed by atoms with Crippen molar-refractivity contribution < 1.29 is 9.53 Å². The summed E-state index contributed by atoms with van der Waals surface area (Å²) in [5, 5.41) is 0.728. The van der Waals surface area contributed by atoms with Crippen molar-refractivity contribution in [3.63, 3.8) is 0 Å². The van der Waals surface area contributed by atoms with E-state index in [1.807, 2.05) is 31.3 Å². The van der Waals surface area contributed by atoms with Crippen LogP contribution < -0.4 is 4.90 Å². The van der Waals surface area contributed by atoms with Gasteiger partial charge in [0.25, 0.3) is 5.91 Å². The first-order valence-electron chi connectivity index (χ1n) is 9.17. The topological polar surface area (TPSA) is 63.5 Å². The molecule has 7 nitrogen and oxygen atoms in total. The van der Waals surface area contributed by atoms with E-state index in [1.54, 1.807) is 33.2 Å². The Balaban J connectivity index is 1.54. The van der Waals surface area contributed by atoms with Crippen LogP contribution in [0.1, 0.15) is 17.0 Å². The van der Waals surface area contributed by atoms with Gasteiger partial charge in [0.2, 0.25) is 0 Å². The number of fused-ring (bicyclic) bond motifs is 1. The molecule has 3 aromatic rings. The molecule has 0 radical (unpaired) electrons. The first kappa shape index (κ1) is 18.1. The number of morpholine rings is 1. The highest BCUT2D eigenvalue weighted by Crippen LogP contribution is 2.29. The van der Waals surface area contributed by atoms with Crippen molar-refractivity contribution in [1.82, 2.24) is 19.4 Å². The standard InChI is InChI=1S/C19H23N5O2S/c1-22-10-7-20-17(22)18(25)24(9-4-8-23-11-13-26-14-12-23)19-21-15-5-2-3-6-16(15)27-19/h2-3,5-7,10H,4,8-9,11-14H2,1H3. The molecule has 0 bridgehead atoms. The van der Waals surface area contributed by atoms with Crippen LogP contribution in [0.5, 0.6) is 0 Å². The summed E-state index contributed by atoms with van der Waals surface area (Å²) < 4.78 is 8.24. The van der Waals surface area contributed by atoms with Gasteiger partial charge in [-0.2, -0.15) is 0 Å². The summed E-state index contributed by atoms with van der Waals surface area (Å²) >= 11 is 1.55. The number of carbonyl (C=O) groups excluding carboxylic acids is 1. The Labute approximate surface area is 162 Å².